The van der Waals surface area contributed by atoms with Crippen molar-refractivity contribution in [1.29, 1.82) is 0 Å². The number of fused-ring (bicyclic) bond motifs is 1. The molecule has 0 N–H and O–H groups in total. The molecule has 4 rings (SSSR count). The van der Waals surface area contributed by atoms with Gasteiger partial charge in [0, 0.05) is 55.7 Å². The fourth-order valence-corrected chi connectivity index (χ4v) is 6.21. The second-order valence-corrected chi connectivity index (χ2v) is 13.0. The number of rotatable bonds is 3. The molecule has 2 fully saturated rings. The van der Waals surface area contributed by atoms with Crippen molar-refractivity contribution in [3.8, 4) is 5.75 Å². The van der Waals surface area contributed by atoms with Gasteiger partial charge in [0.05, 0.1) is 12.5 Å². The molecule has 2 saturated heterocycles. The van der Waals surface area contributed by atoms with Crippen LogP contribution in [0.15, 0.2) is 12.3 Å². The van der Waals surface area contributed by atoms with Gasteiger partial charge in [-0.05, 0) is 59.4 Å². The minimum absolute atomic E-state index is 0.238. The molecule has 8 nitrogen and oxygen atoms in total. The van der Waals surface area contributed by atoms with Gasteiger partial charge in [0.1, 0.15) is 17.0 Å². The second-order valence-electron chi connectivity index (χ2n) is 11.0. The maximum absolute atomic E-state index is 12.4. The van der Waals surface area contributed by atoms with Gasteiger partial charge < -0.3 is 14.4 Å². The van der Waals surface area contributed by atoms with E-state index in [0.717, 1.165) is 43.5 Å². The molecule has 1 aromatic heterocycles. The Balaban J connectivity index is 1.36. The molecule has 0 bridgehead atoms. The number of ether oxygens (including phenoxy) is 2. The van der Waals surface area contributed by atoms with Crippen molar-refractivity contribution in [3.63, 3.8) is 0 Å². The first-order chi connectivity index (χ1) is 15.3. The van der Waals surface area contributed by atoms with Gasteiger partial charge in [-0.1, -0.05) is 0 Å². The van der Waals surface area contributed by atoms with Crippen LogP contribution in [0.2, 0.25) is 0 Å². The largest absolute Gasteiger partial charge is 0.485 e. The van der Waals surface area contributed by atoms with Gasteiger partial charge in [0.25, 0.3) is 0 Å². The molecule has 1 atom stereocenters. The Kier molecular flexibility index (Phi) is 6.41. The maximum Gasteiger partial charge on any atom is 0.410 e. The summed E-state index contributed by atoms with van der Waals surface area (Å²) < 4.78 is 37.1. The van der Waals surface area contributed by atoms with Gasteiger partial charge in [-0.15, -0.1) is 0 Å². The Labute approximate surface area is 197 Å². The van der Waals surface area contributed by atoms with E-state index in [9.17, 15) is 13.2 Å². The lowest BCUT2D eigenvalue weighted by Crippen LogP contribution is -2.48. The quantitative estimate of drug-likeness (QED) is 0.659. The second kappa shape index (κ2) is 8.73. The van der Waals surface area contributed by atoms with Gasteiger partial charge in [-0.3, -0.25) is 4.98 Å². The van der Waals surface area contributed by atoms with Crippen molar-refractivity contribution in [3.05, 3.63) is 23.5 Å². The SMILES string of the molecule is CC(C)(C)OC(=O)N1CCC(C2(C)Cc3cc(C4CCN(S(C)(=O)=O)CC4)ncc3O2)CC1. The lowest BCUT2D eigenvalue weighted by molar-refractivity contribution is -0.00829. The monoisotopic (exact) mass is 479 g/mol. The molecule has 1 amide bonds. The van der Waals surface area contributed by atoms with Crippen molar-refractivity contribution >= 4 is 16.1 Å². The molecule has 4 heterocycles. The average Bonchev–Trinajstić information content (AvgIpc) is 3.08. The average molecular weight is 480 g/mol. The van der Waals surface area contributed by atoms with Crippen LogP contribution in [0.1, 0.15) is 70.6 Å². The van der Waals surface area contributed by atoms with E-state index in [1.807, 2.05) is 27.0 Å². The third kappa shape index (κ3) is 5.45. The van der Waals surface area contributed by atoms with Crippen LogP contribution in [0.4, 0.5) is 4.79 Å². The van der Waals surface area contributed by atoms with Gasteiger partial charge in [0.15, 0.2) is 0 Å². The molecule has 3 aliphatic heterocycles. The van der Waals surface area contributed by atoms with Gasteiger partial charge in [0.2, 0.25) is 10.0 Å². The maximum atomic E-state index is 12.4. The lowest BCUT2D eigenvalue weighted by Gasteiger charge is -2.40. The van der Waals surface area contributed by atoms with Crippen LogP contribution in [-0.4, -0.2) is 72.3 Å². The summed E-state index contributed by atoms with van der Waals surface area (Å²) in [4.78, 5) is 18.9. The molecular weight excluding hydrogens is 442 g/mol. The molecule has 3 aliphatic rings. The first-order valence-corrected chi connectivity index (χ1v) is 13.8. The molecule has 0 radical (unpaired) electrons. The highest BCUT2D eigenvalue weighted by atomic mass is 32.2. The number of hydrogen-bond acceptors (Lipinski definition) is 6. The summed E-state index contributed by atoms with van der Waals surface area (Å²) >= 11 is 0. The molecule has 9 heteroatoms. The summed E-state index contributed by atoms with van der Waals surface area (Å²) in [5, 5.41) is 0. The number of hydrogen-bond donors (Lipinski definition) is 0. The predicted molar refractivity (Wildman–Crippen MR) is 126 cm³/mol. The van der Waals surface area contributed by atoms with E-state index in [2.05, 4.69) is 18.0 Å². The van der Waals surface area contributed by atoms with Crippen LogP contribution in [0.3, 0.4) is 0 Å². The highest BCUT2D eigenvalue weighted by molar-refractivity contribution is 7.88. The summed E-state index contributed by atoms with van der Waals surface area (Å²) in [6.45, 7) is 10.3. The number of aromatic nitrogens is 1. The molecule has 1 unspecified atom stereocenters. The van der Waals surface area contributed by atoms with E-state index < -0.39 is 15.6 Å². The van der Waals surface area contributed by atoms with E-state index in [1.54, 1.807) is 9.21 Å². The van der Waals surface area contributed by atoms with Crippen molar-refractivity contribution in [1.82, 2.24) is 14.2 Å². The van der Waals surface area contributed by atoms with Crippen LogP contribution >= 0.6 is 0 Å². The van der Waals surface area contributed by atoms with Crippen LogP contribution in [0.25, 0.3) is 0 Å². The third-order valence-corrected chi connectivity index (χ3v) is 8.51. The van der Waals surface area contributed by atoms with Gasteiger partial charge in [-0.25, -0.2) is 17.5 Å². The minimum Gasteiger partial charge on any atom is -0.485 e. The van der Waals surface area contributed by atoms with Crippen LogP contribution in [0.5, 0.6) is 5.75 Å². The van der Waals surface area contributed by atoms with Gasteiger partial charge in [-0.2, -0.15) is 0 Å². The number of carbonyl (C=O) groups excluding carboxylic acids is 1. The first kappa shape index (κ1) is 24.3. The van der Waals surface area contributed by atoms with Crippen LogP contribution in [-0.2, 0) is 21.2 Å². The Morgan fingerprint density at radius 2 is 1.79 bits per heavy atom. The molecule has 0 spiro atoms. The topological polar surface area (TPSA) is 89.0 Å². The molecule has 184 valence electrons. The number of carbonyl (C=O) groups is 1. The first-order valence-electron chi connectivity index (χ1n) is 11.9. The Hall–Kier alpha value is -1.87. The number of amides is 1. The minimum atomic E-state index is -3.13. The standard InChI is InChI=1S/C24H37N3O5S/c1-23(2,3)32-22(28)26-10-8-19(9-11-26)24(4)15-18-14-20(25-16-21(18)31-24)17-6-12-27(13-7-17)33(5,29)30/h14,16-17,19H,6-13,15H2,1-5H3. The number of sulfonamides is 1. The Morgan fingerprint density at radius 1 is 1.15 bits per heavy atom. The molecule has 0 saturated carbocycles. The van der Waals surface area contributed by atoms with Crippen molar-refractivity contribution < 1.29 is 22.7 Å². The lowest BCUT2D eigenvalue weighted by atomic mass is 9.79. The summed E-state index contributed by atoms with van der Waals surface area (Å²) in [5.74, 6) is 1.48. The molecule has 0 aliphatic carbocycles. The summed E-state index contributed by atoms with van der Waals surface area (Å²) in [6.07, 6.45) is 7.06. The van der Waals surface area contributed by atoms with Crippen molar-refractivity contribution in [2.45, 2.75) is 76.9 Å². The third-order valence-electron chi connectivity index (χ3n) is 7.21. The molecule has 33 heavy (non-hydrogen) atoms. The zero-order chi connectivity index (χ0) is 24.0. The highest BCUT2D eigenvalue weighted by Crippen LogP contribution is 2.43. The molecular formula is C24H37N3O5S. The van der Waals surface area contributed by atoms with E-state index in [0.29, 0.717) is 32.1 Å². The predicted octanol–water partition coefficient (Wildman–Crippen LogP) is 3.56. The fourth-order valence-electron chi connectivity index (χ4n) is 5.33. The van der Waals surface area contributed by atoms with Crippen molar-refractivity contribution in [2.75, 3.05) is 32.4 Å². The van der Waals surface area contributed by atoms with Gasteiger partial charge >= 0.3 is 6.09 Å². The Morgan fingerprint density at radius 3 is 2.36 bits per heavy atom. The fraction of sp³-hybridized carbons (Fsp3) is 0.750. The highest BCUT2D eigenvalue weighted by Gasteiger charge is 2.44. The van der Waals surface area contributed by atoms with Crippen molar-refractivity contribution in [2.24, 2.45) is 5.92 Å². The number of pyridine rings is 1. The van der Waals surface area contributed by atoms with E-state index in [4.69, 9.17) is 9.47 Å². The Bertz CT molecular complexity index is 990. The zero-order valence-corrected chi connectivity index (χ0v) is 21.3. The summed E-state index contributed by atoms with van der Waals surface area (Å²) in [5.41, 5.74) is 1.43. The van der Waals surface area contributed by atoms with Crippen LogP contribution < -0.4 is 4.74 Å². The van der Waals surface area contributed by atoms with E-state index >= 15 is 0 Å². The zero-order valence-electron chi connectivity index (χ0n) is 20.5. The number of nitrogens with zero attached hydrogens (tertiary/aromatic N) is 3. The number of likely N-dealkylation sites (tertiary alicyclic amines) is 1. The number of piperidine rings is 2. The van der Waals surface area contributed by atoms with E-state index in [1.165, 1.54) is 11.8 Å². The van der Waals surface area contributed by atoms with E-state index in [-0.39, 0.29) is 17.6 Å². The van der Waals surface area contributed by atoms with Crippen LogP contribution in [0, 0.1) is 5.92 Å². The normalized spacial score (nSPS) is 25.5. The molecule has 0 aromatic carbocycles. The molecule has 1 aromatic rings. The summed E-state index contributed by atoms with van der Waals surface area (Å²) in [7, 11) is -3.13. The smallest absolute Gasteiger partial charge is 0.410 e. The summed E-state index contributed by atoms with van der Waals surface area (Å²) in [6, 6.07) is 2.16.